The lowest BCUT2D eigenvalue weighted by Gasteiger charge is -2.25. The van der Waals surface area contributed by atoms with E-state index in [1.807, 2.05) is 24.3 Å². The SMILES string of the molecule is CC(C)C(NC(=O)C(N)CO)C(=O)NC(Cc1c[nH]c2ccccc12)C(=O)O. The maximum Gasteiger partial charge on any atom is 0.326 e. The van der Waals surface area contributed by atoms with Gasteiger partial charge in [-0.3, -0.25) is 9.59 Å². The number of hydrogen-bond acceptors (Lipinski definition) is 5. The van der Waals surface area contributed by atoms with Crippen molar-refractivity contribution in [1.29, 1.82) is 0 Å². The van der Waals surface area contributed by atoms with Gasteiger partial charge in [-0.2, -0.15) is 0 Å². The normalized spacial score (nSPS) is 14.5. The molecule has 0 saturated heterocycles. The number of rotatable bonds is 9. The van der Waals surface area contributed by atoms with E-state index in [1.54, 1.807) is 20.0 Å². The van der Waals surface area contributed by atoms with Crippen molar-refractivity contribution in [2.75, 3.05) is 6.61 Å². The van der Waals surface area contributed by atoms with Gasteiger partial charge in [-0.1, -0.05) is 32.0 Å². The molecule has 7 N–H and O–H groups in total. The zero-order chi connectivity index (χ0) is 20.8. The molecule has 1 aromatic heterocycles. The number of hydrogen-bond donors (Lipinski definition) is 6. The molecule has 0 aliphatic rings. The fourth-order valence-electron chi connectivity index (χ4n) is 2.86. The number of aromatic amines is 1. The maximum atomic E-state index is 12.6. The highest BCUT2D eigenvalue weighted by Gasteiger charge is 2.30. The quantitative estimate of drug-likeness (QED) is 0.346. The Hall–Kier alpha value is -2.91. The second-order valence-electron chi connectivity index (χ2n) is 6.98. The summed E-state index contributed by atoms with van der Waals surface area (Å²) in [6.45, 7) is 2.87. The number of nitrogens with one attached hydrogen (secondary N) is 3. The van der Waals surface area contributed by atoms with Gasteiger partial charge in [-0.15, -0.1) is 0 Å². The molecule has 0 radical (unpaired) electrons. The summed E-state index contributed by atoms with van der Waals surface area (Å²) < 4.78 is 0. The fourth-order valence-corrected chi connectivity index (χ4v) is 2.86. The summed E-state index contributed by atoms with van der Waals surface area (Å²) in [5.74, 6) is -2.79. The fraction of sp³-hybridized carbons (Fsp3) is 0.421. The van der Waals surface area contributed by atoms with Crippen molar-refractivity contribution in [2.24, 2.45) is 11.7 Å². The van der Waals surface area contributed by atoms with Crippen LogP contribution < -0.4 is 16.4 Å². The number of carboxylic acids is 1. The molecule has 9 heteroatoms. The number of benzene rings is 1. The summed E-state index contributed by atoms with van der Waals surface area (Å²) in [4.78, 5) is 39.3. The van der Waals surface area contributed by atoms with E-state index in [2.05, 4.69) is 15.6 Å². The number of carbonyl (C=O) groups is 3. The summed E-state index contributed by atoms with van der Waals surface area (Å²) in [5, 5.41) is 24.4. The smallest absolute Gasteiger partial charge is 0.326 e. The number of aliphatic hydroxyl groups excluding tert-OH is 1. The number of aliphatic carboxylic acids is 1. The van der Waals surface area contributed by atoms with Crippen molar-refractivity contribution in [3.05, 3.63) is 36.0 Å². The summed E-state index contributed by atoms with van der Waals surface area (Å²) in [6, 6.07) is 4.16. The molecule has 152 valence electrons. The highest BCUT2D eigenvalue weighted by molar-refractivity contribution is 5.92. The molecule has 2 aromatic rings. The molecule has 2 rings (SSSR count). The number of amides is 2. The zero-order valence-electron chi connectivity index (χ0n) is 15.8. The highest BCUT2D eigenvalue weighted by Crippen LogP contribution is 2.19. The third kappa shape index (κ3) is 5.08. The molecule has 1 heterocycles. The van der Waals surface area contributed by atoms with Crippen LogP contribution in [-0.2, 0) is 20.8 Å². The van der Waals surface area contributed by atoms with Crippen LogP contribution in [0.5, 0.6) is 0 Å². The van der Waals surface area contributed by atoms with Gasteiger partial charge in [0.05, 0.1) is 6.61 Å². The number of aromatic nitrogens is 1. The van der Waals surface area contributed by atoms with Gasteiger partial charge in [0.2, 0.25) is 11.8 Å². The molecule has 0 bridgehead atoms. The van der Waals surface area contributed by atoms with Crippen molar-refractivity contribution in [3.63, 3.8) is 0 Å². The van der Waals surface area contributed by atoms with Crippen LogP contribution in [0.3, 0.4) is 0 Å². The minimum absolute atomic E-state index is 0.0833. The van der Waals surface area contributed by atoms with E-state index >= 15 is 0 Å². The van der Waals surface area contributed by atoms with Crippen LogP contribution in [0.15, 0.2) is 30.5 Å². The van der Waals surface area contributed by atoms with E-state index in [0.29, 0.717) is 0 Å². The summed E-state index contributed by atoms with van der Waals surface area (Å²) in [7, 11) is 0. The van der Waals surface area contributed by atoms with E-state index in [4.69, 9.17) is 10.8 Å². The molecule has 0 aliphatic heterocycles. The molecule has 0 fully saturated rings. The van der Waals surface area contributed by atoms with Crippen molar-refractivity contribution in [3.8, 4) is 0 Å². The number of H-pyrrole nitrogens is 1. The summed E-state index contributed by atoms with van der Waals surface area (Å²) >= 11 is 0. The monoisotopic (exact) mass is 390 g/mol. The molecule has 2 amide bonds. The first-order valence-corrected chi connectivity index (χ1v) is 8.99. The number of fused-ring (bicyclic) bond motifs is 1. The van der Waals surface area contributed by atoms with Crippen molar-refractivity contribution >= 4 is 28.7 Å². The van der Waals surface area contributed by atoms with Crippen LogP contribution in [0.1, 0.15) is 19.4 Å². The van der Waals surface area contributed by atoms with Gasteiger partial charge in [0.1, 0.15) is 18.1 Å². The number of nitrogens with two attached hydrogens (primary N) is 1. The van der Waals surface area contributed by atoms with Gasteiger partial charge in [0, 0.05) is 23.5 Å². The molecule has 3 unspecified atom stereocenters. The second-order valence-corrected chi connectivity index (χ2v) is 6.98. The number of carbonyl (C=O) groups excluding carboxylic acids is 2. The largest absolute Gasteiger partial charge is 0.480 e. The van der Waals surface area contributed by atoms with E-state index in [0.717, 1.165) is 16.5 Å². The van der Waals surface area contributed by atoms with Crippen LogP contribution >= 0.6 is 0 Å². The van der Waals surface area contributed by atoms with Gasteiger partial charge in [0.15, 0.2) is 0 Å². The zero-order valence-corrected chi connectivity index (χ0v) is 15.8. The Balaban J connectivity index is 2.14. The molecule has 0 aliphatic carbocycles. The van der Waals surface area contributed by atoms with Crippen molar-refractivity contribution < 1.29 is 24.6 Å². The van der Waals surface area contributed by atoms with Crippen molar-refractivity contribution in [1.82, 2.24) is 15.6 Å². The Labute approximate surface area is 162 Å². The van der Waals surface area contributed by atoms with E-state index < -0.39 is 42.5 Å². The van der Waals surface area contributed by atoms with Crippen LogP contribution in [0.2, 0.25) is 0 Å². The van der Waals surface area contributed by atoms with Crippen LogP contribution in [0.4, 0.5) is 0 Å². The Bertz CT molecular complexity index is 848. The Morgan fingerprint density at radius 1 is 1.14 bits per heavy atom. The predicted octanol–water partition coefficient (Wildman–Crippen LogP) is -0.260. The lowest BCUT2D eigenvalue weighted by molar-refractivity contribution is -0.142. The standard InChI is InChI=1S/C19H26N4O5/c1-10(2)16(23-17(25)13(20)9-24)18(26)22-15(19(27)28)7-11-8-21-14-6-4-3-5-12(11)14/h3-6,8,10,13,15-16,21,24H,7,9,20H2,1-2H3,(H,22,26)(H,23,25)(H,27,28). The number of para-hydroxylation sites is 1. The minimum Gasteiger partial charge on any atom is -0.480 e. The van der Waals surface area contributed by atoms with E-state index in [-0.39, 0.29) is 12.3 Å². The Kier molecular flexibility index (Phi) is 7.13. The first kappa shape index (κ1) is 21.4. The Morgan fingerprint density at radius 3 is 2.43 bits per heavy atom. The first-order chi connectivity index (χ1) is 13.2. The molecule has 0 spiro atoms. The van der Waals surface area contributed by atoms with Crippen molar-refractivity contribution in [2.45, 2.75) is 38.4 Å². The van der Waals surface area contributed by atoms with Gasteiger partial charge in [-0.05, 0) is 17.5 Å². The lowest BCUT2D eigenvalue weighted by Crippen LogP contribution is -2.57. The van der Waals surface area contributed by atoms with Gasteiger partial charge in [-0.25, -0.2) is 4.79 Å². The first-order valence-electron chi connectivity index (χ1n) is 8.99. The molecule has 3 atom stereocenters. The predicted molar refractivity (Wildman–Crippen MR) is 103 cm³/mol. The molecule has 1 aromatic carbocycles. The lowest BCUT2D eigenvalue weighted by atomic mass is 10.0. The topological polar surface area (TPSA) is 158 Å². The van der Waals surface area contributed by atoms with Gasteiger partial charge >= 0.3 is 5.97 Å². The molecule has 28 heavy (non-hydrogen) atoms. The second kappa shape index (κ2) is 9.34. The van der Waals surface area contributed by atoms with Crippen LogP contribution in [0.25, 0.3) is 10.9 Å². The molecule has 9 nitrogen and oxygen atoms in total. The number of aliphatic hydroxyl groups is 1. The highest BCUT2D eigenvalue weighted by atomic mass is 16.4. The average Bonchev–Trinajstić information content (AvgIpc) is 3.07. The number of carboxylic acid groups (broad SMARTS) is 1. The maximum absolute atomic E-state index is 12.6. The van der Waals surface area contributed by atoms with Gasteiger partial charge in [0.25, 0.3) is 0 Å². The average molecular weight is 390 g/mol. The van der Waals surface area contributed by atoms with E-state index in [9.17, 15) is 19.5 Å². The summed E-state index contributed by atoms with van der Waals surface area (Å²) in [5.41, 5.74) is 7.10. The van der Waals surface area contributed by atoms with E-state index in [1.165, 1.54) is 0 Å². The van der Waals surface area contributed by atoms with Crippen LogP contribution in [-0.4, -0.2) is 57.7 Å². The molecular formula is C19H26N4O5. The summed E-state index contributed by atoms with van der Waals surface area (Å²) in [6.07, 6.45) is 1.80. The van der Waals surface area contributed by atoms with Crippen LogP contribution in [0, 0.1) is 5.92 Å². The third-order valence-electron chi connectivity index (χ3n) is 4.49. The molecular weight excluding hydrogens is 364 g/mol. The third-order valence-corrected chi connectivity index (χ3v) is 4.49. The Morgan fingerprint density at radius 2 is 1.82 bits per heavy atom. The minimum atomic E-state index is -1.18. The van der Waals surface area contributed by atoms with Gasteiger partial charge < -0.3 is 31.6 Å². The molecule has 0 saturated carbocycles.